The van der Waals surface area contributed by atoms with E-state index in [1.807, 2.05) is 0 Å². The van der Waals surface area contributed by atoms with E-state index in [9.17, 15) is 22.4 Å². The molecule has 1 N–H and O–H groups in total. The van der Waals surface area contributed by atoms with Gasteiger partial charge >= 0.3 is 5.97 Å². The van der Waals surface area contributed by atoms with E-state index < -0.39 is 28.5 Å². The predicted octanol–water partition coefficient (Wildman–Crippen LogP) is 2.74. The van der Waals surface area contributed by atoms with E-state index in [1.165, 1.54) is 40.7 Å². The Morgan fingerprint density at radius 3 is 2.43 bits per heavy atom. The molecule has 2 aromatic rings. The van der Waals surface area contributed by atoms with Crippen molar-refractivity contribution in [2.24, 2.45) is 0 Å². The second-order valence-corrected chi connectivity index (χ2v) is 9.05. The molecule has 30 heavy (non-hydrogen) atoms. The molecule has 1 amide bonds. The van der Waals surface area contributed by atoms with Crippen LogP contribution in [0.25, 0.3) is 0 Å². The summed E-state index contributed by atoms with van der Waals surface area (Å²) in [7, 11) is -3.81. The molecule has 1 fully saturated rings. The first-order chi connectivity index (χ1) is 14.3. The van der Waals surface area contributed by atoms with E-state index in [0.717, 1.165) is 18.9 Å². The zero-order valence-electron chi connectivity index (χ0n) is 15.9. The highest BCUT2D eigenvalue weighted by Gasteiger charge is 2.30. The molecule has 1 saturated heterocycles. The van der Waals surface area contributed by atoms with Gasteiger partial charge in [0.2, 0.25) is 10.0 Å². The summed E-state index contributed by atoms with van der Waals surface area (Å²) in [5.41, 5.74) is 0.661. The zero-order valence-corrected chi connectivity index (χ0v) is 17.5. The second kappa shape index (κ2) is 9.55. The summed E-state index contributed by atoms with van der Waals surface area (Å²) < 4.78 is 44.6. The lowest BCUT2D eigenvalue weighted by molar-refractivity contribution is -0.124. The molecule has 1 aliphatic rings. The maximum atomic E-state index is 12.9. The number of sulfonamides is 1. The largest absolute Gasteiger partial charge is 0.452 e. The van der Waals surface area contributed by atoms with Gasteiger partial charge in [-0.2, -0.15) is 4.31 Å². The number of carbonyl (C=O) groups is 2. The topological polar surface area (TPSA) is 92.8 Å². The molecular weight excluding hydrogens is 435 g/mol. The number of ether oxygens (including phenoxy) is 1. The molecule has 1 heterocycles. The van der Waals surface area contributed by atoms with Gasteiger partial charge in [-0.1, -0.05) is 23.7 Å². The second-order valence-electron chi connectivity index (χ2n) is 6.74. The van der Waals surface area contributed by atoms with Crippen molar-refractivity contribution in [3.05, 3.63) is 64.4 Å². The molecule has 0 bridgehead atoms. The van der Waals surface area contributed by atoms with Crippen LogP contribution in [0.2, 0.25) is 5.02 Å². The van der Waals surface area contributed by atoms with E-state index in [2.05, 4.69) is 5.32 Å². The summed E-state index contributed by atoms with van der Waals surface area (Å²) in [6.45, 7) is 0.413. The summed E-state index contributed by atoms with van der Waals surface area (Å²) in [5, 5.41) is 2.55. The monoisotopic (exact) mass is 454 g/mol. The first kappa shape index (κ1) is 22.2. The third kappa shape index (κ3) is 5.35. The van der Waals surface area contributed by atoms with Crippen molar-refractivity contribution in [3.63, 3.8) is 0 Å². The van der Waals surface area contributed by atoms with Gasteiger partial charge in [-0.05, 0) is 48.7 Å². The maximum absolute atomic E-state index is 12.9. The number of nitrogens with one attached hydrogen (secondary N) is 1. The first-order valence-electron chi connectivity index (χ1n) is 9.25. The fourth-order valence-corrected chi connectivity index (χ4v) is 4.98. The lowest BCUT2D eigenvalue weighted by Gasteiger charge is -2.17. The quantitative estimate of drug-likeness (QED) is 0.649. The van der Waals surface area contributed by atoms with Crippen LogP contribution in [0.15, 0.2) is 47.4 Å². The van der Waals surface area contributed by atoms with Crippen molar-refractivity contribution in [2.45, 2.75) is 24.3 Å². The average molecular weight is 455 g/mol. The Hall–Kier alpha value is -2.49. The summed E-state index contributed by atoms with van der Waals surface area (Å²) >= 11 is 6.06. The summed E-state index contributed by atoms with van der Waals surface area (Å²) in [4.78, 5) is 24.0. The van der Waals surface area contributed by atoms with Crippen LogP contribution in [0.3, 0.4) is 0 Å². The van der Waals surface area contributed by atoms with Gasteiger partial charge in [-0.25, -0.2) is 17.6 Å². The highest BCUT2D eigenvalue weighted by molar-refractivity contribution is 7.89. The van der Waals surface area contributed by atoms with Crippen LogP contribution in [0.4, 0.5) is 4.39 Å². The Labute approximate surface area is 178 Å². The molecule has 0 unspecified atom stereocenters. The fourth-order valence-electron chi connectivity index (χ4n) is 2.96. The smallest absolute Gasteiger partial charge is 0.338 e. The SMILES string of the molecule is O=C(COC(=O)c1ccc(Cl)c(S(=O)(=O)N2CCCC2)c1)NCc1ccc(F)cc1. The lowest BCUT2D eigenvalue weighted by atomic mass is 10.2. The molecule has 0 saturated carbocycles. The van der Waals surface area contributed by atoms with Gasteiger partial charge in [0, 0.05) is 19.6 Å². The molecule has 0 aliphatic carbocycles. The normalized spacial score (nSPS) is 14.5. The molecule has 0 spiro atoms. The number of halogens is 2. The third-order valence-electron chi connectivity index (χ3n) is 4.59. The molecule has 3 rings (SSSR count). The highest BCUT2D eigenvalue weighted by Crippen LogP contribution is 2.28. The van der Waals surface area contributed by atoms with E-state index in [1.54, 1.807) is 0 Å². The predicted molar refractivity (Wildman–Crippen MR) is 108 cm³/mol. The molecule has 10 heteroatoms. The number of hydrogen-bond donors (Lipinski definition) is 1. The van der Waals surface area contributed by atoms with Crippen LogP contribution in [-0.2, 0) is 26.1 Å². The molecule has 2 aromatic carbocycles. The van der Waals surface area contributed by atoms with Crippen LogP contribution in [0.1, 0.15) is 28.8 Å². The highest BCUT2D eigenvalue weighted by atomic mass is 35.5. The van der Waals surface area contributed by atoms with Crippen LogP contribution >= 0.6 is 11.6 Å². The van der Waals surface area contributed by atoms with Crippen LogP contribution in [0.5, 0.6) is 0 Å². The van der Waals surface area contributed by atoms with Crippen molar-refractivity contribution < 1.29 is 27.1 Å². The van der Waals surface area contributed by atoms with Crippen LogP contribution < -0.4 is 5.32 Å². The minimum Gasteiger partial charge on any atom is -0.452 e. The van der Waals surface area contributed by atoms with Crippen molar-refractivity contribution in [1.29, 1.82) is 0 Å². The molecule has 160 valence electrons. The van der Waals surface area contributed by atoms with Gasteiger partial charge in [0.25, 0.3) is 5.91 Å². The van der Waals surface area contributed by atoms with Crippen molar-refractivity contribution in [2.75, 3.05) is 19.7 Å². The number of esters is 1. The van der Waals surface area contributed by atoms with Crippen molar-refractivity contribution in [3.8, 4) is 0 Å². The summed E-state index contributed by atoms with van der Waals surface area (Å²) in [5.74, 6) is -1.78. The van der Waals surface area contributed by atoms with E-state index in [4.69, 9.17) is 16.3 Å². The van der Waals surface area contributed by atoms with Gasteiger partial charge in [0.15, 0.2) is 6.61 Å². The fraction of sp³-hybridized carbons (Fsp3) is 0.300. The van der Waals surface area contributed by atoms with Gasteiger partial charge < -0.3 is 10.1 Å². The number of carbonyl (C=O) groups excluding carboxylic acids is 2. The number of nitrogens with zero attached hydrogens (tertiary/aromatic N) is 1. The Bertz CT molecular complexity index is 1040. The summed E-state index contributed by atoms with van der Waals surface area (Å²) in [6, 6.07) is 9.41. The Balaban J connectivity index is 1.60. The first-order valence-corrected chi connectivity index (χ1v) is 11.1. The Kier molecular flexibility index (Phi) is 7.06. The summed E-state index contributed by atoms with van der Waals surface area (Å²) in [6.07, 6.45) is 1.54. The zero-order chi connectivity index (χ0) is 21.7. The molecule has 0 aromatic heterocycles. The molecule has 1 aliphatic heterocycles. The van der Waals surface area contributed by atoms with E-state index in [-0.39, 0.29) is 27.8 Å². The standard InChI is InChI=1S/C20H20ClFN2O5S/c21-17-8-5-15(11-18(17)30(27,28)24-9-1-2-10-24)20(26)29-13-19(25)23-12-14-3-6-16(22)7-4-14/h3-8,11H,1-2,9-10,12-13H2,(H,23,25). The number of rotatable bonds is 7. The van der Waals surface area contributed by atoms with Gasteiger partial charge in [0.1, 0.15) is 10.7 Å². The average Bonchev–Trinajstić information content (AvgIpc) is 3.27. The van der Waals surface area contributed by atoms with Gasteiger partial charge in [-0.15, -0.1) is 0 Å². The Morgan fingerprint density at radius 2 is 1.77 bits per heavy atom. The van der Waals surface area contributed by atoms with Crippen molar-refractivity contribution in [1.82, 2.24) is 9.62 Å². The minimum atomic E-state index is -3.81. The Morgan fingerprint density at radius 1 is 1.10 bits per heavy atom. The number of amides is 1. The van der Waals surface area contributed by atoms with E-state index >= 15 is 0 Å². The third-order valence-corrected chi connectivity index (χ3v) is 6.97. The number of hydrogen-bond acceptors (Lipinski definition) is 5. The van der Waals surface area contributed by atoms with E-state index in [0.29, 0.717) is 18.7 Å². The molecule has 7 nitrogen and oxygen atoms in total. The van der Waals surface area contributed by atoms with Crippen molar-refractivity contribution >= 4 is 33.5 Å². The van der Waals surface area contributed by atoms with Gasteiger partial charge in [0.05, 0.1) is 10.6 Å². The maximum Gasteiger partial charge on any atom is 0.338 e. The minimum absolute atomic E-state index is 0.00971. The molecule has 0 atom stereocenters. The van der Waals surface area contributed by atoms with Crippen LogP contribution in [-0.4, -0.2) is 44.3 Å². The molecule has 0 radical (unpaired) electrons. The lowest BCUT2D eigenvalue weighted by Crippen LogP contribution is -2.29. The van der Waals surface area contributed by atoms with Crippen LogP contribution in [0, 0.1) is 5.82 Å². The number of benzene rings is 2. The molecular formula is C20H20ClFN2O5S. The van der Waals surface area contributed by atoms with Gasteiger partial charge in [-0.3, -0.25) is 4.79 Å².